The number of ether oxygens (including phenoxy) is 2. The molecule has 0 saturated carbocycles. The molecule has 3 aromatic rings. The summed E-state index contributed by atoms with van der Waals surface area (Å²) in [5, 5.41) is 9.53. The molecule has 2 aromatic heterocycles. The van der Waals surface area contributed by atoms with E-state index in [9.17, 15) is 5.11 Å². The van der Waals surface area contributed by atoms with E-state index in [2.05, 4.69) is 27.1 Å². The van der Waals surface area contributed by atoms with Crippen molar-refractivity contribution in [3.8, 4) is 17.4 Å². The fraction of sp³-hybridized carbons (Fsp3) is 0.381. The second-order valence-corrected chi connectivity index (χ2v) is 7.82. The van der Waals surface area contributed by atoms with Gasteiger partial charge in [0.15, 0.2) is 10.6 Å². The average Bonchev–Trinajstić information content (AvgIpc) is 3.15. The number of aliphatic hydroxyl groups is 1. The molecule has 0 saturated heterocycles. The van der Waals surface area contributed by atoms with Gasteiger partial charge >= 0.3 is 5.95 Å². The summed E-state index contributed by atoms with van der Waals surface area (Å²) in [6.45, 7) is 4.07. The standard InChI is InChI=1S/C21H26N4O3S2.2ClH/c1-12-11-25(21-22-15-9-8-14(27-3)10-17(15)23-21)18(13(2)19(12)28-4)7-5-6-16(24-30)20(26)29;;/h8-11,16,24,30H,5-7H2,1-4H3,(H-,22,23,26,29);2*1H. The number of thiocarbonyl (C=S) groups is 1. The Bertz CT molecular complexity index is 1080. The molecule has 0 aliphatic heterocycles. The fourth-order valence-electron chi connectivity index (χ4n) is 3.68. The molecule has 11 heteroatoms. The number of halogens is 2. The van der Waals surface area contributed by atoms with Crippen molar-refractivity contribution in [2.45, 2.75) is 39.2 Å². The molecule has 0 aliphatic carbocycles. The molecule has 3 N–H and O–H groups in total. The highest BCUT2D eigenvalue weighted by Gasteiger charge is 2.23. The van der Waals surface area contributed by atoms with Gasteiger partial charge in [-0.2, -0.15) is 0 Å². The third-order valence-corrected chi connectivity index (χ3v) is 5.81. The predicted molar refractivity (Wildman–Crippen MR) is 132 cm³/mol. The van der Waals surface area contributed by atoms with Crippen molar-refractivity contribution in [2.75, 3.05) is 14.2 Å². The molecule has 0 radical (unpaired) electrons. The summed E-state index contributed by atoms with van der Waals surface area (Å²) >= 11 is 8.94. The maximum absolute atomic E-state index is 9.61. The summed E-state index contributed by atoms with van der Waals surface area (Å²) in [5.41, 5.74) is 4.91. The molecule has 0 spiro atoms. The number of nitrogens with one attached hydrogen (secondary N) is 2. The molecule has 0 fully saturated rings. The Hall–Kier alpha value is -1.78. The highest BCUT2D eigenvalue weighted by molar-refractivity contribution is 7.80. The van der Waals surface area contributed by atoms with E-state index in [0.717, 1.165) is 58.1 Å². The number of H-pyrrole nitrogens is 1. The number of hydrogen-bond donors (Lipinski definition) is 4. The molecule has 1 unspecified atom stereocenters. The van der Waals surface area contributed by atoms with E-state index in [1.54, 1.807) is 14.2 Å². The topological polar surface area (TPSA) is 83.3 Å². The largest absolute Gasteiger partial charge is 1.00 e. The zero-order valence-corrected chi connectivity index (χ0v) is 21.6. The normalized spacial score (nSPS) is 11.4. The molecule has 3 rings (SSSR count). The Labute approximate surface area is 211 Å². The lowest BCUT2D eigenvalue weighted by Gasteiger charge is -2.16. The SMILES string of the molecule is COc1ccc2[nH]c(-[n+]3cc(C)c(OC)c(C)c3CCCC(NS)C(O)=S)nc2c1.Cl.[Cl-]. The number of rotatable bonds is 9. The third kappa shape index (κ3) is 5.96. The first-order chi connectivity index (χ1) is 14.4. The lowest BCUT2D eigenvalue weighted by molar-refractivity contribution is -0.612. The Morgan fingerprint density at radius 3 is 2.62 bits per heavy atom. The van der Waals surface area contributed by atoms with Crippen LogP contribution in [0.5, 0.6) is 11.5 Å². The van der Waals surface area contributed by atoms with Crippen LogP contribution in [0.25, 0.3) is 17.0 Å². The Balaban J connectivity index is 0.00000256. The lowest BCUT2D eigenvalue weighted by atomic mass is 10.0. The van der Waals surface area contributed by atoms with Crippen LogP contribution in [0.1, 0.15) is 29.7 Å². The average molecular weight is 520 g/mol. The second-order valence-electron chi connectivity index (χ2n) is 7.14. The lowest BCUT2D eigenvalue weighted by Crippen LogP contribution is -3.00. The smallest absolute Gasteiger partial charge is 0.402 e. The molecule has 0 amide bonds. The number of aromatic amines is 1. The number of hydrogen-bond acceptors (Lipinski definition) is 6. The summed E-state index contributed by atoms with van der Waals surface area (Å²) in [5.74, 6) is 2.35. The monoisotopic (exact) mass is 518 g/mol. The number of thiol groups is 1. The van der Waals surface area contributed by atoms with Crippen LogP contribution < -0.4 is 31.2 Å². The first-order valence-corrected chi connectivity index (χ1v) is 10.5. The first-order valence-electron chi connectivity index (χ1n) is 9.64. The number of methoxy groups -OCH3 is 2. The van der Waals surface area contributed by atoms with Crippen LogP contribution in [0.2, 0.25) is 0 Å². The minimum atomic E-state index is -0.330. The number of imidazole rings is 1. The van der Waals surface area contributed by atoms with Crippen molar-refractivity contribution in [2.24, 2.45) is 0 Å². The number of aromatic nitrogens is 3. The van der Waals surface area contributed by atoms with E-state index < -0.39 is 0 Å². The van der Waals surface area contributed by atoms with Gasteiger partial charge in [0, 0.05) is 23.6 Å². The molecular formula is C21H28Cl2N4O3S2. The number of fused-ring (bicyclic) bond motifs is 1. The number of aliphatic hydroxyl groups excluding tert-OH is 1. The van der Waals surface area contributed by atoms with Crippen LogP contribution >= 0.6 is 37.4 Å². The Morgan fingerprint density at radius 2 is 2.03 bits per heavy atom. The maximum Gasteiger partial charge on any atom is 0.402 e. The highest BCUT2D eigenvalue weighted by Crippen LogP contribution is 2.26. The number of pyridine rings is 1. The fourth-order valence-corrected chi connectivity index (χ4v) is 4.19. The van der Waals surface area contributed by atoms with Gasteiger partial charge in [-0.3, -0.25) is 4.72 Å². The van der Waals surface area contributed by atoms with Crippen LogP contribution in [0.15, 0.2) is 24.4 Å². The minimum absolute atomic E-state index is 0. The number of nitrogens with zero attached hydrogens (tertiary/aromatic N) is 2. The van der Waals surface area contributed by atoms with Crippen molar-refractivity contribution in [3.63, 3.8) is 0 Å². The van der Waals surface area contributed by atoms with Crippen LogP contribution in [-0.2, 0) is 6.42 Å². The van der Waals surface area contributed by atoms with Crippen LogP contribution in [0, 0.1) is 13.8 Å². The van der Waals surface area contributed by atoms with Crippen LogP contribution in [-0.4, -0.2) is 40.4 Å². The maximum atomic E-state index is 9.61. The van der Waals surface area contributed by atoms with Crippen molar-refractivity contribution in [3.05, 3.63) is 41.2 Å². The molecule has 1 aromatic carbocycles. The number of benzene rings is 1. The molecule has 2 heterocycles. The molecular weight excluding hydrogens is 491 g/mol. The van der Waals surface area contributed by atoms with E-state index in [-0.39, 0.29) is 35.9 Å². The molecule has 0 bridgehead atoms. The van der Waals surface area contributed by atoms with Crippen LogP contribution in [0.4, 0.5) is 0 Å². The van der Waals surface area contributed by atoms with Crippen LogP contribution in [0.3, 0.4) is 0 Å². The van der Waals surface area contributed by atoms with Gasteiger partial charge in [0.05, 0.1) is 32.2 Å². The molecule has 7 nitrogen and oxygen atoms in total. The highest BCUT2D eigenvalue weighted by atomic mass is 35.5. The van der Waals surface area contributed by atoms with E-state index in [4.69, 9.17) is 26.7 Å². The minimum Gasteiger partial charge on any atom is -1.00 e. The zero-order valence-electron chi connectivity index (χ0n) is 18.3. The van der Waals surface area contributed by atoms with Gasteiger partial charge in [0.25, 0.3) is 0 Å². The van der Waals surface area contributed by atoms with Gasteiger partial charge in [0.1, 0.15) is 17.0 Å². The van der Waals surface area contributed by atoms with E-state index >= 15 is 0 Å². The molecule has 0 aliphatic rings. The molecule has 32 heavy (non-hydrogen) atoms. The summed E-state index contributed by atoms with van der Waals surface area (Å²) in [6, 6.07) is 5.44. The van der Waals surface area contributed by atoms with Gasteiger partial charge in [-0.25, -0.2) is 9.55 Å². The predicted octanol–water partition coefficient (Wildman–Crippen LogP) is 0.911. The van der Waals surface area contributed by atoms with Crippen molar-refractivity contribution < 1.29 is 31.6 Å². The summed E-state index contributed by atoms with van der Waals surface area (Å²) < 4.78 is 15.8. The third-order valence-electron chi connectivity index (χ3n) is 5.22. The van der Waals surface area contributed by atoms with Gasteiger partial charge in [-0.05, 0) is 51.0 Å². The van der Waals surface area contributed by atoms with E-state index in [1.165, 1.54) is 0 Å². The summed E-state index contributed by atoms with van der Waals surface area (Å²) in [7, 11) is 3.32. The van der Waals surface area contributed by atoms with E-state index in [0.29, 0.717) is 6.42 Å². The van der Waals surface area contributed by atoms with Gasteiger partial charge < -0.3 is 27.0 Å². The van der Waals surface area contributed by atoms with Gasteiger partial charge in [-0.15, -0.1) is 12.4 Å². The molecule has 1 atom stereocenters. The van der Waals surface area contributed by atoms with Crippen molar-refractivity contribution in [1.29, 1.82) is 0 Å². The molecule has 176 valence electrons. The second kappa shape index (κ2) is 12.5. The van der Waals surface area contributed by atoms with Gasteiger partial charge in [-0.1, -0.05) is 17.8 Å². The first kappa shape index (κ1) is 28.3. The Morgan fingerprint density at radius 1 is 1.31 bits per heavy atom. The quantitative estimate of drug-likeness (QED) is 0.191. The van der Waals surface area contributed by atoms with Crippen molar-refractivity contribution in [1.82, 2.24) is 14.7 Å². The van der Waals surface area contributed by atoms with Crippen molar-refractivity contribution >= 4 is 53.5 Å². The summed E-state index contributed by atoms with van der Waals surface area (Å²) in [6.07, 6.45) is 4.23. The number of aryl methyl sites for hydroxylation is 1. The van der Waals surface area contributed by atoms with E-state index in [1.807, 2.05) is 38.2 Å². The Kier molecular flexibility index (Phi) is 11.0. The zero-order chi connectivity index (χ0) is 21.8. The summed E-state index contributed by atoms with van der Waals surface area (Å²) in [4.78, 5) is 8.17. The van der Waals surface area contributed by atoms with Gasteiger partial charge in [0.2, 0.25) is 0 Å².